The van der Waals surface area contributed by atoms with E-state index in [9.17, 15) is 9.59 Å². The molecule has 0 bridgehead atoms. The second-order valence-electron chi connectivity index (χ2n) is 6.79. The zero-order valence-corrected chi connectivity index (χ0v) is 14.1. The van der Waals surface area contributed by atoms with Crippen molar-refractivity contribution in [3.05, 3.63) is 29.3 Å². The Kier molecular flexibility index (Phi) is 5.64. The molecule has 0 heterocycles. The number of primary amides is 1. The number of benzene rings is 1. The van der Waals surface area contributed by atoms with E-state index in [1.54, 1.807) is 12.1 Å². The monoisotopic (exact) mass is 318 g/mol. The van der Waals surface area contributed by atoms with E-state index in [1.807, 2.05) is 26.8 Å². The fourth-order valence-electron chi connectivity index (χ4n) is 2.35. The molecular weight excluding hydrogens is 292 g/mol. The zero-order valence-electron chi connectivity index (χ0n) is 14.1. The molecule has 2 rings (SSSR count). The molecular formula is C18H26N2O3. The molecule has 3 N–H and O–H groups in total. The molecule has 1 aromatic rings. The predicted molar refractivity (Wildman–Crippen MR) is 89.3 cm³/mol. The van der Waals surface area contributed by atoms with E-state index in [0.717, 1.165) is 11.3 Å². The highest BCUT2D eigenvalue weighted by molar-refractivity contribution is 5.97. The van der Waals surface area contributed by atoms with Crippen LogP contribution in [0.5, 0.6) is 5.75 Å². The van der Waals surface area contributed by atoms with Gasteiger partial charge < -0.3 is 15.8 Å². The molecule has 0 unspecified atom stereocenters. The number of nitrogens with two attached hydrogens (primary N) is 1. The first-order valence-corrected chi connectivity index (χ1v) is 8.20. The molecule has 0 aromatic heterocycles. The van der Waals surface area contributed by atoms with Gasteiger partial charge in [0.1, 0.15) is 11.8 Å². The van der Waals surface area contributed by atoms with Crippen LogP contribution in [0.15, 0.2) is 18.2 Å². The fourth-order valence-corrected chi connectivity index (χ4v) is 2.35. The number of rotatable bonds is 8. The molecule has 0 spiro atoms. The molecule has 1 fully saturated rings. The highest BCUT2D eigenvalue weighted by Crippen LogP contribution is 2.30. The Bertz CT molecular complexity index is 580. The number of carbonyl (C=O) groups is 2. The standard InChI is InChI=1S/C18H26N2O3/c1-11(2)8-15(17(19)21)20-18(22)14-7-4-12(3)16(9-14)23-10-13-5-6-13/h4,7,9,11,13,15H,5-6,8,10H2,1-3H3,(H2,19,21)(H,20,22)/t15-/m1/s1. The fraction of sp³-hybridized carbons (Fsp3) is 0.556. The molecule has 0 aliphatic heterocycles. The van der Waals surface area contributed by atoms with Crippen LogP contribution in [0.25, 0.3) is 0 Å². The summed E-state index contributed by atoms with van der Waals surface area (Å²) in [5.41, 5.74) is 6.85. The second kappa shape index (κ2) is 7.49. The number of hydrogen-bond donors (Lipinski definition) is 2. The lowest BCUT2D eigenvalue weighted by atomic mass is 10.0. The van der Waals surface area contributed by atoms with Crippen LogP contribution in [0.2, 0.25) is 0 Å². The van der Waals surface area contributed by atoms with Crippen LogP contribution in [0, 0.1) is 18.8 Å². The summed E-state index contributed by atoms with van der Waals surface area (Å²) in [5.74, 6) is 0.833. The number of carbonyl (C=O) groups excluding carboxylic acids is 2. The first kappa shape index (κ1) is 17.3. The van der Waals surface area contributed by atoms with E-state index >= 15 is 0 Å². The summed E-state index contributed by atoms with van der Waals surface area (Å²) in [5, 5.41) is 2.72. The minimum absolute atomic E-state index is 0.267. The van der Waals surface area contributed by atoms with Gasteiger partial charge in [-0.3, -0.25) is 9.59 Å². The van der Waals surface area contributed by atoms with Crippen LogP contribution in [0.4, 0.5) is 0 Å². The second-order valence-corrected chi connectivity index (χ2v) is 6.79. The number of hydrogen-bond acceptors (Lipinski definition) is 3. The molecule has 5 nitrogen and oxygen atoms in total. The van der Waals surface area contributed by atoms with Crippen LogP contribution < -0.4 is 15.8 Å². The summed E-state index contributed by atoms with van der Waals surface area (Å²) in [6.07, 6.45) is 2.96. The lowest BCUT2D eigenvalue weighted by molar-refractivity contribution is -0.120. The minimum Gasteiger partial charge on any atom is -0.493 e. The van der Waals surface area contributed by atoms with Crippen molar-refractivity contribution in [3.8, 4) is 5.75 Å². The van der Waals surface area contributed by atoms with Gasteiger partial charge in [0.15, 0.2) is 0 Å². The van der Waals surface area contributed by atoms with Crippen molar-refractivity contribution in [2.24, 2.45) is 17.6 Å². The third-order valence-corrected chi connectivity index (χ3v) is 3.98. The number of ether oxygens (including phenoxy) is 1. The summed E-state index contributed by atoms with van der Waals surface area (Å²) in [6.45, 7) is 6.62. The third-order valence-electron chi connectivity index (χ3n) is 3.98. The maximum atomic E-state index is 12.4. The van der Waals surface area contributed by atoms with E-state index in [1.165, 1.54) is 12.8 Å². The summed E-state index contributed by atoms with van der Waals surface area (Å²) in [4.78, 5) is 23.9. The van der Waals surface area contributed by atoms with E-state index in [4.69, 9.17) is 10.5 Å². The third kappa shape index (κ3) is 5.27. The van der Waals surface area contributed by atoms with Gasteiger partial charge in [-0.25, -0.2) is 0 Å². The Labute approximate surface area is 137 Å². The average molecular weight is 318 g/mol. The summed E-state index contributed by atoms with van der Waals surface area (Å²) in [6, 6.07) is 4.68. The average Bonchev–Trinajstić information content (AvgIpc) is 3.29. The quantitative estimate of drug-likeness (QED) is 0.772. The maximum Gasteiger partial charge on any atom is 0.252 e. The van der Waals surface area contributed by atoms with Crippen LogP contribution in [-0.2, 0) is 4.79 Å². The Hall–Kier alpha value is -2.04. The molecule has 0 radical (unpaired) electrons. The van der Waals surface area contributed by atoms with Crippen molar-refractivity contribution >= 4 is 11.8 Å². The van der Waals surface area contributed by atoms with Gasteiger partial charge in [-0.2, -0.15) is 0 Å². The van der Waals surface area contributed by atoms with E-state index in [-0.39, 0.29) is 11.8 Å². The molecule has 126 valence electrons. The summed E-state index contributed by atoms with van der Waals surface area (Å²) in [7, 11) is 0. The molecule has 1 aliphatic carbocycles. The van der Waals surface area contributed by atoms with Crippen LogP contribution >= 0.6 is 0 Å². The molecule has 0 saturated heterocycles. The molecule has 1 atom stereocenters. The number of aryl methyl sites for hydroxylation is 1. The normalized spacial score (nSPS) is 15.3. The predicted octanol–water partition coefficient (Wildman–Crippen LogP) is 2.41. The Morgan fingerprint density at radius 2 is 2.04 bits per heavy atom. The van der Waals surface area contributed by atoms with E-state index in [0.29, 0.717) is 24.5 Å². The van der Waals surface area contributed by atoms with Gasteiger partial charge in [0.25, 0.3) is 5.91 Å². The lowest BCUT2D eigenvalue weighted by Gasteiger charge is -2.18. The van der Waals surface area contributed by atoms with Gasteiger partial charge in [-0.1, -0.05) is 19.9 Å². The SMILES string of the molecule is Cc1ccc(C(=O)N[C@H](CC(C)C)C(N)=O)cc1OCC1CC1. The highest BCUT2D eigenvalue weighted by atomic mass is 16.5. The minimum atomic E-state index is -0.653. The molecule has 1 aliphatic rings. The van der Waals surface area contributed by atoms with Crippen molar-refractivity contribution in [1.29, 1.82) is 0 Å². The maximum absolute atomic E-state index is 12.4. The van der Waals surface area contributed by atoms with Crippen molar-refractivity contribution in [1.82, 2.24) is 5.32 Å². The van der Waals surface area contributed by atoms with Crippen molar-refractivity contribution in [3.63, 3.8) is 0 Å². The molecule has 2 amide bonds. The molecule has 1 saturated carbocycles. The molecule has 1 aromatic carbocycles. The van der Waals surface area contributed by atoms with Gasteiger partial charge in [-0.15, -0.1) is 0 Å². The van der Waals surface area contributed by atoms with Gasteiger partial charge >= 0.3 is 0 Å². The smallest absolute Gasteiger partial charge is 0.252 e. The Balaban J connectivity index is 2.04. The van der Waals surface area contributed by atoms with Crippen molar-refractivity contribution in [2.75, 3.05) is 6.61 Å². The summed E-state index contributed by atoms with van der Waals surface area (Å²) >= 11 is 0. The van der Waals surface area contributed by atoms with E-state index in [2.05, 4.69) is 5.32 Å². The number of nitrogens with one attached hydrogen (secondary N) is 1. The first-order chi connectivity index (χ1) is 10.9. The molecule has 23 heavy (non-hydrogen) atoms. The van der Waals surface area contributed by atoms with E-state index < -0.39 is 11.9 Å². The van der Waals surface area contributed by atoms with Crippen molar-refractivity contribution in [2.45, 2.75) is 46.1 Å². The molecule has 5 heteroatoms. The number of amides is 2. The largest absolute Gasteiger partial charge is 0.493 e. The Morgan fingerprint density at radius 1 is 1.35 bits per heavy atom. The van der Waals surface area contributed by atoms with Gasteiger partial charge in [-0.05, 0) is 55.7 Å². The highest BCUT2D eigenvalue weighted by Gasteiger charge is 2.23. The van der Waals surface area contributed by atoms with Gasteiger partial charge in [0.05, 0.1) is 6.61 Å². The van der Waals surface area contributed by atoms with Crippen molar-refractivity contribution < 1.29 is 14.3 Å². The topological polar surface area (TPSA) is 81.4 Å². The zero-order chi connectivity index (χ0) is 17.0. The van der Waals surface area contributed by atoms with Gasteiger partial charge in [0, 0.05) is 5.56 Å². The van der Waals surface area contributed by atoms with Crippen LogP contribution in [0.1, 0.15) is 49.0 Å². The lowest BCUT2D eigenvalue weighted by Crippen LogP contribution is -2.45. The first-order valence-electron chi connectivity index (χ1n) is 8.20. The van der Waals surface area contributed by atoms with Crippen LogP contribution in [0.3, 0.4) is 0 Å². The Morgan fingerprint density at radius 3 is 2.61 bits per heavy atom. The summed E-state index contributed by atoms with van der Waals surface area (Å²) < 4.78 is 5.80. The van der Waals surface area contributed by atoms with Gasteiger partial charge in [0.2, 0.25) is 5.91 Å². The van der Waals surface area contributed by atoms with Crippen LogP contribution in [-0.4, -0.2) is 24.5 Å².